The predicted molar refractivity (Wildman–Crippen MR) is 50.8 cm³/mol. The van der Waals surface area contributed by atoms with E-state index in [2.05, 4.69) is 5.32 Å². The molecule has 0 saturated carbocycles. The SMILES string of the molecule is CC(=O)N[C@H]1C=C(CO)[C@@H](O)C(O)[C@H]1O. The van der Waals surface area contributed by atoms with Crippen LogP contribution in [0.5, 0.6) is 0 Å². The first-order valence-corrected chi connectivity index (χ1v) is 4.60. The molecule has 86 valence electrons. The lowest BCUT2D eigenvalue weighted by Gasteiger charge is -2.34. The van der Waals surface area contributed by atoms with Gasteiger partial charge in [-0.2, -0.15) is 0 Å². The van der Waals surface area contributed by atoms with Gasteiger partial charge in [0.15, 0.2) is 0 Å². The molecule has 0 aromatic carbocycles. The number of hydrogen-bond acceptors (Lipinski definition) is 5. The Morgan fingerprint density at radius 1 is 1.40 bits per heavy atom. The zero-order valence-electron chi connectivity index (χ0n) is 8.29. The number of nitrogens with one attached hydrogen (secondary N) is 1. The fraction of sp³-hybridized carbons (Fsp3) is 0.667. The zero-order chi connectivity index (χ0) is 11.6. The average Bonchev–Trinajstić information content (AvgIpc) is 2.18. The molecular weight excluding hydrogens is 202 g/mol. The van der Waals surface area contributed by atoms with Crippen molar-refractivity contribution in [3.05, 3.63) is 11.6 Å². The van der Waals surface area contributed by atoms with Gasteiger partial charge in [-0.1, -0.05) is 6.08 Å². The standard InChI is InChI=1S/C9H15NO5/c1-4(12)10-6-2-5(3-11)7(13)9(15)8(6)14/h2,6-9,11,13-15H,3H2,1H3,(H,10,12)/t6-,7+,8-,9?/m0/s1. The average molecular weight is 217 g/mol. The van der Waals surface area contributed by atoms with Gasteiger partial charge in [0.25, 0.3) is 0 Å². The number of aliphatic hydroxyl groups is 4. The fourth-order valence-electron chi connectivity index (χ4n) is 1.55. The molecule has 1 aliphatic carbocycles. The van der Waals surface area contributed by atoms with Crippen molar-refractivity contribution in [1.29, 1.82) is 0 Å². The summed E-state index contributed by atoms with van der Waals surface area (Å²) >= 11 is 0. The largest absolute Gasteiger partial charge is 0.392 e. The van der Waals surface area contributed by atoms with Crippen LogP contribution in [0.25, 0.3) is 0 Å². The van der Waals surface area contributed by atoms with Crippen LogP contribution in [-0.2, 0) is 4.79 Å². The van der Waals surface area contributed by atoms with Crippen molar-refractivity contribution >= 4 is 5.91 Å². The molecule has 0 radical (unpaired) electrons. The fourth-order valence-corrected chi connectivity index (χ4v) is 1.55. The molecule has 6 heteroatoms. The number of amides is 1. The van der Waals surface area contributed by atoms with Crippen molar-refractivity contribution in [1.82, 2.24) is 5.32 Å². The van der Waals surface area contributed by atoms with E-state index >= 15 is 0 Å². The smallest absolute Gasteiger partial charge is 0.217 e. The molecule has 15 heavy (non-hydrogen) atoms. The minimum Gasteiger partial charge on any atom is -0.392 e. The van der Waals surface area contributed by atoms with E-state index < -0.39 is 31.0 Å². The summed E-state index contributed by atoms with van der Waals surface area (Å²) in [6, 6.07) is -0.789. The van der Waals surface area contributed by atoms with Gasteiger partial charge in [0.1, 0.15) is 18.3 Å². The summed E-state index contributed by atoms with van der Waals surface area (Å²) in [5, 5.41) is 39.6. The summed E-state index contributed by atoms with van der Waals surface area (Å²) in [4.78, 5) is 10.8. The minimum absolute atomic E-state index is 0.187. The highest BCUT2D eigenvalue weighted by atomic mass is 16.4. The summed E-state index contributed by atoms with van der Waals surface area (Å²) < 4.78 is 0. The Hall–Kier alpha value is -0.950. The van der Waals surface area contributed by atoms with Crippen LogP contribution >= 0.6 is 0 Å². The van der Waals surface area contributed by atoms with Crippen LogP contribution in [0.4, 0.5) is 0 Å². The van der Waals surface area contributed by atoms with Crippen molar-refractivity contribution in [2.24, 2.45) is 0 Å². The molecular formula is C9H15NO5. The van der Waals surface area contributed by atoms with E-state index in [1.54, 1.807) is 0 Å². The first-order valence-electron chi connectivity index (χ1n) is 4.60. The van der Waals surface area contributed by atoms with Gasteiger partial charge >= 0.3 is 0 Å². The quantitative estimate of drug-likeness (QED) is 0.329. The highest BCUT2D eigenvalue weighted by Gasteiger charge is 2.37. The lowest BCUT2D eigenvalue weighted by molar-refractivity contribution is -0.122. The summed E-state index contributed by atoms with van der Waals surface area (Å²) in [7, 11) is 0. The van der Waals surface area contributed by atoms with Gasteiger partial charge in [0.05, 0.1) is 12.6 Å². The molecule has 4 atom stereocenters. The third kappa shape index (κ3) is 2.54. The van der Waals surface area contributed by atoms with E-state index in [0.29, 0.717) is 0 Å². The Kier molecular flexibility index (Phi) is 3.81. The Balaban J connectivity index is 2.87. The molecule has 0 aromatic heterocycles. The molecule has 1 aliphatic rings. The van der Waals surface area contributed by atoms with Crippen LogP contribution in [0.2, 0.25) is 0 Å². The second-order valence-corrected chi connectivity index (χ2v) is 3.55. The molecule has 0 aromatic rings. The lowest BCUT2D eigenvalue weighted by atomic mass is 9.88. The number of rotatable bonds is 2. The Bertz CT molecular complexity index is 278. The van der Waals surface area contributed by atoms with E-state index in [4.69, 9.17) is 5.11 Å². The zero-order valence-corrected chi connectivity index (χ0v) is 8.29. The molecule has 0 heterocycles. The van der Waals surface area contributed by atoms with E-state index in [9.17, 15) is 20.1 Å². The van der Waals surface area contributed by atoms with Crippen molar-refractivity contribution in [2.45, 2.75) is 31.3 Å². The summed E-state index contributed by atoms with van der Waals surface area (Å²) in [6.45, 7) is 0.845. The lowest BCUT2D eigenvalue weighted by Crippen LogP contribution is -2.54. The highest BCUT2D eigenvalue weighted by molar-refractivity contribution is 5.73. The summed E-state index contributed by atoms with van der Waals surface area (Å²) in [5.74, 6) is -0.365. The normalized spacial score (nSPS) is 35.9. The molecule has 0 bridgehead atoms. The van der Waals surface area contributed by atoms with Gasteiger partial charge in [-0.3, -0.25) is 4.79 Å². The van der Waals surface area contributed by atoms with Gasteiger partial charge in [0, 0.05) is 6.92 Å². The van der Waals surface area contributed by atoms with Gasteiger partial charge in [0.2, 0.25) is 5.91 Å². The maximum absolute atomic E-state index is 10.8. The van der Waals surface area contributed by atoms with Crippen molar-refractivity contribution < 1.29 is 25.2 Å². The van der Waals surface area contributed by atoms with Gasteiger partial charge in [-0.15, -0.1) is 0 Å². The van der Waals surface area contributed by atoms with E-state index in [1.807, 2.05) is 0 Å². The molecule has 5 N–H and O–H groups in total. The molecule has 6 nitrogen and oxygen atoms in total. The van der Waals surface area contributed by atoms with Crippen molar-refractivity contribution in [3.8, 4) is 0 Å². The summed E-state index contributed by atoms with van der Waals surface area (Å²) in [5.41, 5.74) is 0.187. The Morgan fingerprint density at radius 3 is 2.47 bits per heavy atom. The molecule has 0 spiro atoms. The molecule has 0 fully saturated rings. The molecule has 0 aliphatic heterocycles. The predicted octanol–water partition coefficient (Wildman–Crippen LogP) is -2.49. The van der Waals surface area contributed by atoms with Crippen LogP contribution in [0, 0.1) is 0 Å². The molecule has 1 unspecified atom stereocenters. The van der Waals surface area contributed by atoms with E-state index in [1.165, 1.54) is 13.0 Å². The first-order chi connectivity index (χ1) is 6.97. The Morgan fingerprint density at radius 2 is 2.00 bits per heavy atom. The maximum Gasteiger partial charge on any atom is 0.217 e. The van der Waals surface area contributed by atoms with Crippen LogP contribution in [-0.4, -0.2) is 57.3 Å². The molecule has 1 amide bonds. The van der Waals surface area contributed by atoms with Crippen LogP contribution in [0.1, 0.15) is 6.92 Å². The highest BCUT2D eigenvalue weighted by Crippen LogP contribution is 2.19. The first kappa shape index (κ1) is 12.1. The van der Waals surface area contributed by atoms with E-state index in [-0.39, 0.29) is 11.5 Å². The second kappa shape index (κ2) is 4.71. The minimum atomic E-state index is -1.41. The molecule has 1 rings (SSSR count). The van der Waals surface area contributed by atoms with Gasteiger partial charge in [-0.25, -0.2) is 0 Å². The van der Waals surface area contributed by atoms with Gasteiger partial charge in [-0.05, 0) is 5.57 Å². The number of carbonyl (C=O) groups is 1. The number of carbonyl (C=O) groups excluding carboxylic acids is 1. The van der Waals surface area contributed by atoms with Gasteiger partial charge < -0.3 is 25.7 Å². The maximum atomic E-state index is 10.8. The topological polar surface area (TPSA) is 110 Å². The third-order valence-corrected chi connectivity index (χ3v) is 2.37. The monoisotopic (exact) mass is 217 g/mol. The summed E-state index contributed by atoms with van der Waals surface area (Å²) in [6.07, 6.45) is -2.63. The van der Waals surface area contributed by atoms with Crippen molar-refractivity contribution in [3.63, 3.8) is 0 Å². The van der Waals surface area contributed by atoms with E-state index in [0.717, 1.165) is 0 Å². The van der Waals surface area contributed by atoms with Crippen LogP contribution < -0.4 is 5.32 Å². The molecule has 0 saturated heterocycles. The second-order valence-electron chi connectivity index (χ2n) is 3.55. The third-order valence-electron chi connectivity index (χ3n) is 2.37. The van der Waals surface area contributed by atoms with Crippen LogP contribution in [0.15, 0.2) is 11.6 Å². The number of hydrogen-bond donors (Lipinski definition) is 5. The number of aliphatic hydroxyl groups excluding tert-OH is 4. The Labute approximate surface area is 86.9 Å². The van der Waals surface area contributed by atoms with Crippen molar-refractivity contribution in [2.75, 3.05) is 6.61 Å². The van der Waals surface area contributed by atoms with Crippen LogP contribution in [0.3, 0.4) is 0 Å².